The Morgan fingerprint density at radius 1 is 1.37 bits per heavy atom. The first-order valence-electron chi connectivity index (χ1n) is 6.32. The predicted octanol–water partition coefficient (Wildman–Crippen LogP) is 4.38. The summed E-state index contributed by atoms with van der Waals surface area (Å²) in [6.07, 6.45) is 0.131. The Hall–Kier alpha value is -0.840. The fourth-order valence-corrected chi connectivity index (χ4v) is 3.92. The summed E-state index contributed by atoms with van der Waals surface area (Å²) < 4.78 is 7.23. The summed E-state index contributed by atoms with van der Waals surface area (Å²) in [4.78, 5) is 5.06. The molecule has 1 aliphatic rings. The molecule has 2 heterocycles. The van der Waals surface area contributed by atoms with Crippen LogP contribution in [0, 0.1) is 6.92 Å². The summed E-state index contributed by atoms with van der Waals surface area (Å²) in [5.74, 6) is 0.916. The molecule has 0 bridgehead atoms. The van der Waals surface area contributed by atoms with E-state index in [0.29, 0.717) is 0 Å². The molecule has 2 aromatic rings. The van der Waals surface area contributed by atoms with Crippen LogP contribution in [0.15, 0.2) is 34.8 Å². The molecular formula is C15H16BrNOS. The van der Waals surface area contributed by atoms with Gasteiger partial charge in [-0.1, -0.05) is 12.1 Å². The summed E-state index contributed by atoms with van der Waals surface area (Å²) in [6, 6.07) is 10.3. The highest BCUT2D eigenvalue weighted by atomic mass is 79.9. The van der Waals surface area contributed by atoms with Crippen LogP contribution in [0.3, 0.4) is 0 Å². The van der Waals surface area contributed by atoms with Gasteiger partial charge in [-0.25, -0.2) is 0 Å². The highest BCUT2D eigenvalue weighted by molar-refractivity contribution is 9.10. The number of aryl methyl sites for hydroxylation is 1. The van der Waals surface area contributed by atoms with E-state index in [-0.39, 0.29) is 6.10 Å². The average Bonchev–Trinajstić information content (AvgIpc) is 2.72. The van der Waals surface area contributed by atoms with Crippen LogP contribution in [0.4, 0.5) is 0 Å². The molecule has 0 aliphatic carbocycles. The van der Waals surface area contributed by atoms with Crippen molar-refractivity contribution in [3.8, 4) is 5.75 Å². The lowest BCUT2D eigenvalue weighted by atomic mass is 10.1. The third-order valence-electron chi connectivity index (χ3n) is 3.28. The number of para-hydroxylation sites is 1. The van der Waals surface area contributed by atoms with E-state index in [2.05, 4.69) is 40.9 Å². The monoisotopic (exact) mass is 337 g/mol. The van der Waals surface area contributed by atoms with Crippen LogP contribution >= 0.6 is 27.3 Å². The third kappa shape index (κ3) is 2.71. The van der Waals surface area contributed by atoms with Crippen molar-refractivity contribution in [1.29, 1.82) is 0 Å². The van der Waals surface area contributed by atoms with E-state index >= 15 is 0 Å². The fraction of sp³-hybridized carbons (Fsp3) is 0.333. The normalized spacial score (nSPS) is 19.2. The Morgan fingerprint density at radius 2 is 2.16 bits per heavy atom. The zero-order valence-electron chi connectivity index (χ0n) is 11.0. The van der Waals surface area contributed by atoms with Crippen LogP contribution in [0.1, 0.15) is 21.4 Å². The molecule has 0 N–H and O–H groups in total. The molecule has 3 rings (SSSR count). The van der Waals surface area contributed by atoms with Crippen molar-refractivity contribution in [2.45, 2.75) is 19.6 Å². The largest absolute Gasteiger partial charge is 0.482 e. The van der Waals surface area contributed by atoms with Crippen molar-refractivity contribution in [2.24, 2.45) is 0 Å². The van der Waals surface area contributed by atoms with Crippen molar-refractivity contribution in [3.05, 3.63) is 50.1 Å². The molecule has 100 valence electrons. The highest BCUT2D eigenvalue weighted by Crippen LogP contribution is 2.37. The summed E-state index contributed by atoms with van der Waals surface area (Å²) >= 11 is 5.41. The molecule has 19 heavy (non-hydrogen) atoms. The molecule has 1 unspecified atom stereocenters. The molecule has 1 atom stereocenters. The molecule has 2 nitrogen and oxygen atoms in total. The molecule has 4 heteroatoms. The van der Waals surface area contributed by atoms with E-state index in [1.165, 1.54) is 15.3 Å². The Bertz CT molecular complexity index is 596. The summed E-state index contributed by atoms with van der Waals surface area (Å²) in [5.41, 5.74) is 1.41. The van der Waals surface area contributed by atoms with Crippen LogP contribution in [0.25, 0.3) is 0 Å². The van der Waals surface area contributed by atoms with Crippen LogP contribution in [0.5, 0.6) is 5.75 Å². The van der Waals surface area contributed by atoms with Gasteiger partial charge in [-0.15, -0.1) is 11.3 Å². The summed E-state index contributed by atoms with van der Waals surface area (Å²) in [7, 11) is 2.15. The van der Waals surface area contributed by atoms with Gasteiger partial charge in [0, 0.05) is 18.0 Å². The van der Waals surface area contributed by atoms with Gasteiger partial charge in [-0.2, -0.15) is 0 Å². The number of fused-ring (bicyclic) bond motifs is 1. The molecule has 1 aromatic heterocycles. The Kier molecular flexibility index (Phi) is 3.65. The second kappa shape index (κ2) is 5.27. The van der Waals surface area contributed by atoms with Crippen molar-refractivity contribution in [3.63, 3.8) is 0 Å². The van der Waals surface area contributed by atoms with Gasteiger partial charge in [-0.05, 0) is 53.7 Å². The quantitative estimate of drug-likeness (QED) is 0.806. The molecule has 1 aliphatic heterocycles. The first-order chi connectivity index (χ1) is 9.13. The van der Waals surface area contributed by atoms with E-state index < -0.39 is 0 Å². The average molecular weight is 338 g/mol. The maximum absolute atomic E-state index is 6.22. The second-order valence-electron chi connectivity index (χ2n) is 4.98. The number of rotatable bonds is 2. The van der Waals surface area contributed by atoms with Gasteiger partial charge in [0.2, 0.25) is 0 Å². The lowest BCUT2D eigenvalue weighted by molar-refractivity contribution is 0.132. The van der Waals surface area contributed by atoms with Crippen molar-refractivity contribution in [1.82, 2.24) is 4.90 Å². The highest BCUT2D eigenvalue weighted by Gasteiger charge is 2.27. The van der Waals surface area contributed by atoms with Gasteiger partial charge < -0.3 is 4.74 Å². The Morgan fingerprint density at radius 3 is 2.95 bits per heavy atom. The molecular weight excluding hydrogens is 322 g/mol. The molecule has 0 saturated heterocycles. The third-order valence-corrected chi connectivity index (χ3v) is 5.12. The number of halogens is 1. The molecule has 0 amide bonds. The van der Waals surface area contributed by atoms with Crippen LogP contribution in [-0.4, -0.2) is 18.5 Å². The smallest absolute Gasteiger partial charge is 0.146 e. The maximum Gasteiger partial charge on any atom is 0.146 e. The summed E-state index contributed by atoms with van der Waals surface area (Å²) in [6.45, 7) is 4.13. The maximum atomic E-state index is 6.22. The van der Waals surface area contributed by atoms with Gasteiger partial charge in [0.15, 0.2) is 0 Å². The summed E-state index contributed by atoms with van der Waals surface area (Å²) in [5, 5.41) is 0. The molecule has 0 fully saturated rings. The zero-order chi connectivity index (χ0) is 13.4. The van der Waals surface area contributed by atoms with E-state index in [4.69, 9.17) is 4.74 Å². The van der Waals surface area contributed by atoms with Gasteiger partial charge in [0.25, 0.3) is 0 Å². The van der Waals surface area contributed by atoms with Gasteiger partial charge >= 0.3 is 0 Å². The number of ether oxygens (including phenoxy) is 1. The van der Waals surface area contributed by atoms with Gasteiger partial charge in [0.1, 0.15) is 11.9 Å². The van der Waals surface area contributed by atoms with Crippen molar-refractivity contribution < 1.29 is 4.74 Å². The lowest BCUT2D eigenvalue weighted by Crippen LogP contribution is -2.31. The van der Waals surface area contributed by atoms with Crippen LogP contribution in [0.2, 0.25) is 0 Å². The molecule has 0 saturated carbocycles. The number of thiophene rings is 1. The standard InChI is InChI=1S/C15H16BrNOS/c1-10-7-11-8-17(2)9-14(15(11)19-10)18-13-6-4-3-5-12(13)16/h3-7,14H,8-9H2,1-2H3. The number of hydrogen-bond donors (Lipinski definition) is 0. The number of nitrogens with zero attached hydrogens (tertiary/aromatic N) is 1. The number of benzene rings is 1. The van der Waals surface area contributed by atoms with E-state index in [1.807, 2.05) is 35.6 Å². The van der Waals surface area contributed by atoms with Crippen LogP contribution < -0.4 is 4.74 Å². The topological polar surface area (TPSA) is 12.5 Å². The Balaban J connectivity index is 1.91. The minimum Gasteiger partial charge on any atom is -0.482 e. The Labute approximate surface area is 126 Å². The fourth-order valence-electron chi connectivity index (χ4n) is 2.49. The van der Waals surface area contributed by atoms with E-state index in [0.717, 1.165) is 23.3 Å². The zero-order valence-corrected chi connectivity index (χ0v) is 13.4. The van der Waals surface area contributed by atoms with Gasteiger partial charge in [-0.3, -0.25) is 4.90 Å². The van der Waals surface area contributed by atoms with E-state index in [9.17, 15) is 0 Å². The number of likely N-dealkylation sites (N-methyl/N-ethyl adjacent to an activating group) is 1. The number of hydrogen-bond acceptors (Lipinski definition) is 3. The SMILES string of the molecule is Cc1cc2c(s1)C(Oc1ccccc1Br)CN(C)C2. The lowest BCUT2D eigenvalue weighted by Gasteiger charge is -2.30. The molecule has 0 spiro atoms. The van der Waals surface area contributed by atoms with Gasteiger partial charge in [0.05, 0.1) is 9.35 Å². The van der Waals surface area contributed by atoms with Crippen molar-refractivity contribution >= 4 is 27.3 Å². The van der Waals surface area contributed by atoms with E-state index in [1.54, 1.807) is 0 Å². The minimum absolute atomic E-state index is 0.131. The first kappa shape index (κ1) is 13.2. The minimum atomic E-state index is 0.131. The second-order valence-corrected chi connectivity index (χ2v) is 7.12. The van der Waals surface area contributed by atoms with Crippen LogP contribution in [-0.2, 0) is 6.54 Å². The molecule has 1 aromatic carbocycles. The molecule has 0 radical (unpaired) electrons. The predicted molar refractivity (Wildman–Crippen MR) is 82.9 cm³/mol. The van der Waals surface area contributed by atoms with Crippen molar-refractivity contribution in [2.75, 3.05) is 13.6 Å². The first-order valence-corrected chi connectivity index (χ1v) is 7.93.